The molecule has 1 N–H and O–H groups in total. The van der Waals surface area contributed by atoms with E-state index in [1.54, 1.807) is 0 Å². The van der Waals surface area contributed by atoms with Crippen molar-refractivity contribution in [2.75, 3.05) is 32.8 Å². The molecule has 2 aromatic rings. The third-order valence-corrected chi connectivity index (χ3v) is 8.06. The number of esters is 1. The molecule has 36 heavy (non-hydrogen) atoms. The predicted octanol–water partition coefficient (Wildman–Crippen LogP) is 5.59. The number of hydrogen-bond acceptors (Lipinski definition) is 7. The van der Waals surface area contributed by atoms with Crippen molar-refractivity contribution in [3.05, 3.63) is 76.4 Å². The summed E-state index contributed by atoms with van der Waals surface area (Å²) in [6.45, 7) is 8.01. The molecule has 192 valence electrons. The van der Waals surface area contributed by atoms with Crippen LogP contribution in [0.25, 0.3) is 0 Å². The summed E-state index contributed by atoms with van der Waals surface area (Å²) in [6, 6.07) is 17.4. The first kappa shape index (κ1) is 26.5. The van der Waals surface area contributed by atoms with E-state index in [4.69, 9.17) is 9.47 Å². The number of aliphatic hydroxyl groups excluding tert-OH is 1. The Morgan fingerprint density at radius 2 is 1.75 bits per heavy atom. The third kappa shape index (κ3) is 6.38. The molecule has 1 unspecified atom stereocenters. The van der Waals surface area contributed by atoms with Crippen LogP contribution in [0.15, 0.2) is 70.2 Å². The maximum absolute atomic E-state index is 13.3. The number of ether oxygens (including phenoxy) is 2. The van der Waals surface area contributed by atoms with Gasteiger partial charge in [-0.15, -0.1) is 0 Å². The second-order valence-corrected chi connectivity index (χ2v) is 10.8. The molecule has 2 aromatic carbocycles. The van der Waals surface area contributed by atoms with Gasteiger partial charge >= 0.3 is 5.97 Å². The molecule has 0 aliphatic carbocycles. The van der Waals surface area contributed by atoms with E-state index >= 15 is 0 Å². The lowest BCUT2D eigenvalue weighted by Gasteiger charge is -2.37. The zero-order valence-electron chi connectivity index (χ0n) is 21.1. The summed E-state index contributed by atoms with van der Waals surface area (Å²) in [5.41, 5.74) is 0.831. The smallest absolute Gasteiger partial charge is 0.349 e. The van der Waals surface area contributed by atoms with E-state index in [0.29, 0.717) is 32.6 Å². The number of rotatable bonds is 10. The van der Waals surface area contributed by atoms with E-state index in [1.807, 2.05) is 54.6 Å². The summed E-state index contributed by atoms with van der Waals surface area (Å²) in [7, 11) is 0. The lowest BCUT2D eigenvalue weighted by molar-refractivity contribution is -0.161. The highest BCUT2D eigenvalue weighted by molar-refractivity contribution is 8.04. The molecule has 0 bridgehead atoms. The predicted molar refractivity (Wildman–Crippen MR) is 141 cm³/mol. The van der Waals surface area contributed by atoms with Crippen molar-refractivity contribution in [3.8, 4) is 0 Å². The van der Waals surface area contributed by atoms with Crippen LogP contribution in [0, 0.1) is 0 Å². The van der Waals surface area contributed by atoms with Crippen molar-refractivity contribution in [3.63, 3.8) is 0 Å². The summed E-state index contributed by atoms with van der Waals surface area (Å²) in [5.74, 6) is -0.128. The molecule has 6 nitrogen and oxygen atoms in total. The molecule has 1 saturated heterocycles. The van der Waals surface area contributed by atoms with E-state index in [9.17, 15) is 14.7 Å². The fraction of sp³-hybridized carbons (Fsp3) is 0.448. The largest absolute Gasteiger partial charge is 0.511 e. The fourth-order valence-corrected chi connectivity index (χ4v) is 5.85. The Morgan fingerprint density at radius 1 is 1.06 bits per heavy atom. The van der Waals surface area contributed by atoms with Crippen LogP contribution >= 0.6 is 11.8 Å². The van der Waals surface area contributed by atoms with Gasteiger partial charge in [-0.25, -0.2) is 4.79 Å². The van der Waals surface area contributed by atoms with Gasteiger partial charge in [0.15, 0.2) is 0 Å². The number of carbonyl (C=O) groups excluding carboxylic acids is 2. The monoisotopic (exact) mass is 509 g/mol. The molecule has 7 heteroatoms. The SMILES string of the molecule is CC(C)c1ccccc1SC1=C(O)CC(CCC(=O)CCN2CCOCC2)(c2ccccc2)OC1=O. The molecule has 2 aliphatic heterocycles. The minimum atomic E-state index is -1.07. The van der Waals surface area contributed by atoms with Gasteiger partial charge in [-0.3, -0.25) is 9.69 Å². The van der Waals surface area contributed by atoms with Crippen LogP contribution in [-0.2, 0) is 24.7 Å². The van der Waals surface area contributed by atoms with Crippen molar-refractivity contribution in [2.24, 2.45) is 0 Å². The van der Waals surface area contributed by atoms with Crippen molar-refractivity contribution in [1.82, 2.24) is 4.90 Å². The normalized spacial score (nSPS) is 21.0. The summed E-state index contributed by atoms with van der Waals surface area (Å²) < 4.78 is 11.5. The molecule has 0 radical (unpaired) electrons. The van der Waals surface area contributed by atoms with Crippen LogP contribution < -0.4 is 0 Å². The van der Waals surface area contributed by atoms with E-state index in [2.05, 4.69) is 18.7 Å². The number of benzene rings is 2. The molecule has 2 aliphatic rings. The van der Waals surface area contributed by atoms with Gasteiger partial charge in [0.25, 0.3) is 0 Å². The van der Waals surface area contributed by atoms with Crippen LogP contribution in [-0.4, -0.2) is 54.6 Å². The lowest BCUT2D eigenvalue weighted by Crippen LogP contribution is -2.39. The Kier molecular flexibility index (Phi) is 8.88. The van der Waals surface area contributed by atoms with E-state index in [-0.39, 0.29) is 35.2 Å². The Hall–Kier alpha value is -2.61. The topological polar surface area (TPSA) is 76.1 Å². The number of thioether (sulfide) groups is 1. The van der Waals surface area contributed by atoms with Crippen LogP contribution in [0.4, 0.5) is 0 Å². The van der Waals surface area contributed by atoms with E-state index < -0.39 is 11.6 Å². The number of hydrogen-bond donors (Lipinski definition) is 1. The van der Waals surface area contributed by atoms with Crippen molar-refractivity contribution in [1.29, 1.82) is 0 Å². The molecule has 4 rings (SSSR count). The molecular formula is C29H35NO5S. The lowest BCUT2D eigenvalue weighted by atomic mass is 9.83. The minimum Gasteiger partial charge on any atom is -0.511 e. The number of Topliss-reactive ketones (excluding diaryl/α,β-unsaturated/α-hetero) is 1. The summed E-state index contributed by atoms with van der Waals surface area (Å²) >= 11 is 1.25. The molecule has 2 heterocycles. The van der Waals surface area contributed by atoms with Crippen molar-refractivity contribution >= 4 is 23.5 Å². The van der Waals surface area contributed by atoms with E-state index in [1.165, 1.54) is 11.8 Å². The molecule has 0 saturated carbocycles. The fourth-order valence-electron chi connectivity index (χ4n) is 4.75. The maximum Gasteiger partial charge on any atom is 0.349 e. The molecule has 0 aromatic heterocycles. The van der Waals surface area contributed by atoms with Crippen molar-refractivity contribution in [2.45, 2.75) is 55.9 Å². The average molecular weight is 510 g/mol. The van der Waals surface area contributed by atoms with Crippen LogP contribution in [0.1, 0.15) is 56.6 Å². The third-order valence-electron chi connectivity index (χ3n) is 6.86. The number of aliphatic hydroxyl groups is 1. The van der Waals surface area contributed by atoms with Crippen LogP contribution in [0.5, 0.6) is 0 Å². The highest BCUT2D eigenvalue weighted by atomic mass is 32.2. The Balaban J connectivity index is 1.51. The Morgan fingerprint density at radius 3 is 2.44 bits per heavy atom. The van der Waals surface area contributed by atoms with Gasteiger partial charge in [0, 0.05) is 37.4 Å². The minimum absolute atomic E-state index is 0.0134. The second kappa shape index (κ2) is 12.1. The summed E-state index contributed by atoms with van der Waals surface area (Å²) in [5, 5.41) is 11.1. The molecule has 1 fully saturated rings. The Labute approximate surface area is 217 Å². The van der Waals surface area contributed by atoms with Gasteiger partial charge in [0.1, 0.15) is 22.0 Å². The Bertz CT molecular complexity index is 1090. The van der Waals surface area contributed by atoms with Gasteiger partial charge in [0.05, 0.1) is 19.6 Å². The highest BCUT2D eigenvalue weighted by Gasteiger charge is 2.44. The van der Waals surface area contributed by atoms with Crippen molar-refractivity contribution < 1.29 is 24.2 Å². The zero-order chi connectivity index (χ0) is 25.5. The number of carbonyl (C=O) groups is 2. The zero-order valence-corrected chi connectivity index (χ0v) is 21.9. The van der Waals surface area contributed by atoms with Gasteiger partial charge in [-0.1, -0.05) is 74.1 Å². The van der Waals surface area contributed by atoms with Crippen LogP contribution in [0.2, 0.25) is 0 Å². The molecular weight excluding hydrogens is 474 g/mol. The van der Waals surface area contributed by atoms with Gasteiger partial charge < -0.3 is 14.6 Å². The average Bonchev–Trinajstić information content (AvgIpc) is 2.89. The van der Waals surface area contributed by atoms with Gasteiger partial charge in [-0.05, 0) is 29.5 Å². The highest BCUT2D eigenvalue weighted by Crippen LogP contribution is 2.46. The first-order valence-corrected chi connectivity index (χ1v) is 13.5. The summed E-state index contributed by atoms with van der Waals surface area (Å²) in [6.07, 6.45) is 1.20. The number of nitrogens with zero attached hydrogens (tertiary/aromatic N) is 1. The van der Waals surface area contributed by atoms with Crippen LogP contribution in [0.3, 0.4) is 0 Å². The maximum atomic E-state index is 13.3. The van der Waals surface area contributed by atoms with E-state index in [0.717, 1.165) is 29.1 Å². The standard InChI is InChI=1S/C29H35NO5S/c1-21(2)24-10-6-7-11-26(24)36-27-25(32)20-29(35-28(27)33,22-8-4-3-5-9-22)14-12-23(31)13-15-30-16-18-34-19-17-30/h3-11,21,32H,12-20H2,1-2H3. The summed E-state index contributed by atoms with van der Waals surface area (Å²) in [4.78, 5) is 29.5. The number of morpholine rings is 1. The molecule has 0 spiro atoms. The molecule has 1 atom stereocenters. The number of ketones is 1. The first-order chi connectivity index (χ1) is 17.4. The van der Waals surface area contributed by atoms with Gasteiger partial charge in [0.2, 0.25) is 0 Å². The van der Waals surface area contributed by atoms with Gasteiger partial charge in [-0.2, -0.15) is 0 Å². The first-order valence-electron chi connectivity index (χ1n) is 12.7. The number of cyclic esters (lactones) is 1. The quantitative estimate of drug-likeness (QED) is 0.419. The molecule has 0 amide bonds. The second-order valence-electron chi connectivity index (χ2n) is 9.74.